The van der Waals surface area contributed by atoms with Crippen LogP contribution in [0.3, 0.4) is 0 Å². The first-order valence-corrected chi connectivity index (χ1v) is 11.7. The second-order valence-electron chi connectivity index (χ2n) is 8.67. The van der Waals surface area contributed by atoms with Crippen molar-refractivity contribution in [2.75, 3.05) is 20.3 Å². The standard InChI is InChI=1S/C27H32O8/c1-5-33-25(29)23-19(28)15-27(3,31)24(26(30)34-6-2)22(23)18-12-13-20(21(14-18)32-4)35-16-17-10-8-7-9-11-17/h7-14,22-24,31H,5-6,15-16H2,1-4H3/t22-,23-,24-,27+/m1/s1. The lowest BCUT2D eigenvalue weighted by Crippen LogP contribution is -2.55. The number of Topliss-reactive ketones (excluding diaryl/α,β-unsaturated/α-hetero) is 1. The molecule has 0 heterocycles. The molecule has 0 aromatic heterocycles. The highest BCUT2D eigenvalue weighted by atomic mass is 16.5. The Labute approximate surface area is 205 Å². The molecule has 35 heavy (non-hydrogen) atoms. The van der Waals surface area contributed by atoms with Gasteiger partial charge in [-0.05, 0) is 44.0 Å². The highest BCUT2D eigenvalue weighted by Gasteiger charge is 2.57. The Bertz CT molecular complexity index is 1050. The van der Waals surface area contributed by atoms with Gasteiger partial charge in [0.2, 0.25) is 0 Å². The van der Waals surface area contributed by atoms with Gasteiger partial charge in [-0.1, -0.05) is 36.4 Å². The number of benzene rings is 2. The van der Waals surface area contributed by atoms with E-state index in [-0.39, 0.29) is 19.6 Å². The summed E-state index contributed by atoms with van der Waals surface area (Å²) in [5.41, 5.74) is -0.289. The van der Waals surface area contributed by atoms with E-state index in [1.807, 2.05) is 30.3 Å². The van der Waals surface area contributed by atoms with Crippen molar-refractivity contribution < 1.29 is 38.4 Å². The molecule has 0 radical (unpaired) electrons. The number of carbonyl (C=O) groups is 3. The van der Waals surface area contributed by atoms with Gasteiger partial charge in [-0.25, -0.2) is 0 Å². The van der Waals surface area contributed by atoms with Crippen LogP contribution in [0, 0.1) is 11.8 Å². The summed E-state index contributed by atoms with van der Waals surface area (Å²) in [6.07, 6.45) is -0.369. The van der Waals surface area contributed by atoms with Gasteiger partial charge < -0.3 is 24.1 Å². The van der Waals surface area contributed by atoms with Gasteiger partial charge in [0.25, 0.3) is 0 Å². The number of hydrogen-bond donors (Lipinski definition) is 1. The normalized spacial score (nSPS) is 23.9. The Hall–Kier alpha value is -3.39. The van der Waals surface area contributed by atoms with Crippen molar-refractivity contribution in [3.05, 3.63) is 59.7 Å². The van der Waals surface area contributed by atoms with E-state index in [1.54, 1.807) is 32.0 Å². The van der Waals surface area contributed by atoms with Crippen LogP contribution in [0.1, 0.15) is 44.2 Å². The van der Waals surface area contributed by atoms with Gasteiger partial charge in [-0.15, -0.1) is 0 Å². The van der Waals surface area contributed by atoms with Crippen LogP contribution in [0.25, 0.3) is 0 Å². The van der Waals surface area contributed by atoms with E-state index in [0.29, 0.717) is 23.7 Å². The van der Waals surface area contributed by atoms with Crippen molar-refractivity contribution >= 4 is 17.7 Å². The fraction of sp³-hybridized carbons (Fsp3) is 0.444. The molecule has 1 N–H and O–H groups in total. The molecule has 0 bridgehead atoms. The molecule has 0 spiro atoms. The maximum atomic E-state index is 13.0. The van der Waals surface area contributed by atoms with Crippen molar-refractivity contribution in [2.24, 2.45) is 11.8 Å². The molecule has 0 saturated heterocycles. The topological polar surface area (TPSA) is 108 Å². The van der Waals surface area contributed by atoms with Gasteiger partial charge in [-0.3, -0.25) is 14.4 Å². The molecule has 1 aliphatic carbocycles. The molecule has 0 aliphatic heterocycles. The number of rotatable bonds is 9. The number of hydrogen-bond acceptors (Lipinski definition) is 8. The van der Waals surface area contributed by atoms with Crippen LogP contribution in [0.15, 0.2) is 48.5 Å². The molecule has 2 aromatic carbocycles. The second kappa shape index (κ2) is 11.4. The van der Waals surface area contributed by atoms with E-state index >= 15 is 0 Å². The average Bonchev–Trinajstić information content (AvgIpc) is 2.82. The lowest BCUT2D eigenvalue weighted by Gasteiger charge is -2.43. The first-order valence-electron chi connectivity index (χ1n) is 11.7. The first-order chi connectivity index (χ1) is 16.7. The van der Waals surface area contributed by atoms with E-state index in [9.17, 15) is 19.5 Å². The van der Waals surface area contributed by atoms with Gasteiger partial charge in [0.05, 0.1) is 31.8 Å². The number of esters is 2. The Kier molecular flexibility index (Phi) is 8.51. The number of ketones is 1. The predicted octanol–water partition coefficient (Wildman–Crippen LogP) is 3.44. The summed E-state index contributed by atoms with van der Waals surface area (Å²) in [7, 11) is 1.47. The molecular weight excluding hydrogens is 452 g/mol. The maximum absolute atomic E-state index is 13.0. The van der Waals surface area contributed by atoms with Gasteiger partial charge in [-0.2, -0.15) is 0 Å². The van der Waals surface area contributed by atoms with Gasteiger partial charge in [0, 0.05) is 12.3 Å². The van der Waals surface area contributed by atoms with Gasteiger partial charge in [0.15, 0.2) is 17.3 Å². The number of methoxy groups -OCH3 is 1. The van der Waals surface area contributed by atoms with E-state index < -0.39 is 41.1 Å². The molecule has 2 aromatic rings. The number of aliphatic hydroxyl groups is 1. The summed E-state index contributed by atoms with van der Waals surface area (Å²) < 4.78 is 21.9. The summed E-state index contributed by atoms with van der Waals surface area (Å²) in [5, 5.41) is 11.1. The molecule has 0 amide bonds. The maximum Gasteiger partial charge on any atom is 0.317 e. The zero-order valence-electron chi connectivity index (χ0n) is 20.5. The Morgan fingerprint density at radius 1 is 1.00 bits per heavy atom. The summed E-state index contributed by atoms with van der Waals surface area (Å²) in [6.45, 7) is 5.18. The lowest BCUT2D eigenvalue weighted by atomic mass is 9.61. The van der Waals surface area contributed by atoms with E-state index in [2.05, 4.69) is 0 Å². The van der Waals surface area contributed by atoms with Crippen LogP contribution >= 0.6 is 0 Å². The van der Waals surface area contributed by atoms with Crippen LogP contribution in [-0.2, 0) is 30.5 Å². The summed E-state index contributed by atoms with van der Waals surface area (Å²) >= 11 is 0. The Morgan fingerprint density at radius 2 is 1.66 bits per heavy atom. The fourth-order valence-corrected chi connectivity index (χ4v) is 4.63. The summed E-state index contributed by atoms with van der Waals surface area (Å²) in [6, 6.07) is 14.6. The number of carbonyl (C=O) groups excluding carboxylic acids is 3. The minimum Gasteiger partial charge on any atom is -0.493 e. The summed E-state index contributed by atoms with van der Waals surface area (Å²) in [4.78, 5) is 38.9. The minimum absolute atomic E-state index is 0.0748. The third-order valence-corrected chi connectivity index (χ3v) is 6.16. The molecule has 1 aliphatic rings. The second-order valence-corrected chi connectivity index (χ2v) is 8.67. The van der Waals surface area contributed by atoms with Gasteiger partial charge in [0.1, 0.15) is 12.5 Å². The van der Waals surface area contributed by atoms with Crippen molar-refractivity contribution in [3.8, 4) is 11.5 Å². The first kappa shape index (κ1) is 26.2. The highest BCUT2D eigenvalue weighted by Crippen LogP contribution is 2.48. The lowest BCUT2D eigenvalue weighted by molar-refractivity contribution is -0.172. The van der Waals surface area contributed by atoms with Crippen LogP contribution in [-0.4, -0.2) is 48.8 Å². The van der Waals surface area contributed by atoms with Crippen LogP contribution in [0.4, 0.5) is 0 Å². The molecular formula is C27H32O8. The molecule has 8 nitrogen and oxygen atoms in total. The van der Waals surface area contributed by atoms with E-state index in [4.69, 9.17) is 18.9 Å². The largest absolute Gasteiger partial charge is 0.493 e. The molecule has 3 rings (SSSR count). The predicted molar refractivity (Wildman–Crippen MR) is 127 cm³/mol. The van der Waals surface area contributed by atoms with E-state index in [1.165, 1.54) is 14.0 Å². The monoisotopic (exact) mass is 484 g/mol. The zero-order valence-corrected chi connectivity index (χ0v) is 20.5. The van der Waals surface area contributed by atoms with Gasteiger partial charge >= 0.3 is 11.9 Å². The minimum atomic E-state index is -1.72. The molecule has 8 heteroatoms. The fourth-order valence-electron chi connectivity index (χ4n) is 4.63. The molecule has 1 saturated carbocycles. The molecule has 188 valence electrons. The molecule has 1 fully saturated rings. The van der Waals surface area contributed by atoms with Crippen molar-refractivity contribution in [2.45, 2.75) is 45.3 Å². The van der Waals surface area contributed by atoms with E-state index in [0.717, 1.165) is 5.56 Å². The number of ether oxygens (including phenoxy) is 4. The SMILES string of the molecule is CCOC(=O)[C@@H]1C(=O)C[C@](C)(O)[C@@H](C(=O)OCC)[C@@H]1c1ccc(OCc2ccccc2)c(OC)c1. The van der Waals surface area contributed by atoms with Crippen molar-refractivity contribution in [1.29, 1.82) is 0 Å². The molecule has 4 atom stereocenters. The Morgan fingerprint density at radius 3 is 2.29 bits per heavy atom. The summed E-state index contributed by atoms with van der Waals surface area (Å²) in [5.74, 6) is -4.57. The quantitative estimate of drug-likeness (QED) is 0.426. The van der Waals surface area contributed by atoms with Crippen LogP contribution in [0.5, 0.6) is 11.5 Å². The zero-order chi connectivity index (χ0) is 25.6. The highest BCUT2D eigenvalue weighted by molar-refractivity contribution is 6.02. The van der Waals surface area contributed by atoms with Crippen molar-refractivity contribution in [1.82, 2.24) is 0 Å². The third-order valence-electron chi connectivity index (χ3n) is 6.16. The van der Waals surface area contributed by atoms with Crippen LogP contribution in [0.2, 0.25) is 0 Å². The average molecular weight is 485 g/mol. The third kappa shape index (κ3) is 5.82. The Balaban J connectivity index is 2.04. The smallest absolute Gasteiger partial charge is 0.317 e. The van der Waals surface area contributed by atoms with Crippen molar-refractivity contribution in [3.63, 3.8) is 0 Å². The molecule has 0 unspecified atom stereocenters. The van der Waals surface area contributed by atoms with Crippen LogP contribution < -0.4 is 9.47 Å².